The minimum atomic E-state index is -0.168. The largest absolute Gasteiger partial charge is 0.487 e. The summed E-state index contributed by atoms with van der Waals surface area (Å²) in [5, 5.41) is 7.34. The summed E-state index contributed by atoms with van der Waals surface area (Å²) in [5.41, 5.74) is 3.18. The van der Waals surface area contributed by atoms with E-state index in [0.29, 0.717) is 31.0 Å². The summed E-state index contributed by atoms with van der Waals surface area (Å²) in [5.74, 6) is 1.25. The lowest BCUT2D eigenvalue weighted by Gasteiger charge is -2.10. The lowest BCUT2D eigenvalue weighted by molar-refractivity contribution is 0.0950. The van der Waals surface area contributed by atoms with Crippen molar-refractivity contribution < 1.29 is 9.53 Å². The Kier molecular flexibility index (Phi) is 6.32. The van der Waals surface area contributed by atoms with Gasteiger partial charge in [-0.15, -0.1) is 0 Å². The maximum Gasteiger partial charge on any atom is 0.255 e. The number of rotatable bonds is 8. The highest BCUT2D eigenvalue weighted by molar-refractivity contribution is 5.95. The summed E-state index contributed by atoms with van der Waals surface area (Å²) < 4.78 is 7.53. The average Bonchev–Trinajstić information content (AvgIpc) is 3.27. The Morgan fingerprint density at radius 1 is 1.03 bits per heavy atom. The molecule has 3 aromatic heterocycles. The molecule has 7 nitrogen and oxygen atoms in total. The van der Waals surface area contributed by atoms with Gasteiger partial charge in [0.05, 0.1) is 23.1 Å². The Balaban J connectivity index is 1.40. The molecule has 0 bridgehead atoms. The number of hydrogen-bond donors (Lipinski definition) is 1. The highest BCUT2D eigenvalue weighted by Gasteiger charge is 2.17. The van der Waals surface area contributed by atoms with Crippen molar-refractivity contribution in [2.75, 3.05) is 0 Å². The molecule has 0 atom stereocenters. The Labute approximate surface area is 180 Å². The van der Waals surface area contributed by atoms with E-state index in [0.717, 1.165) is 22.7 Å². The third-order valence-electron chi connectivity index (χ3n) is 4.78. The molecule has 0 aliphatic rings. The van der Waals surface area contributed by atoms with Gasteiger partial charge in [0, 0.05) is 18.9 Å². The molecule has 0 spiro atoms. The Bertz CT molecular complexity index is 1140. The number of nitrogens with zero attached hydrogens (tertiary/aromatic N) is 4. The zero-order valence-corrected chi connectivity index (χ0v) is 17.2. The van der Waals surface area contributed by atoms with Gasteiger partial charge in [-0.3, -0.25) is 9.78 Å². The third kappa shape index (κ3) is 4.95. The normalized spacial score (nSPS) is 10.6. The van der Waals surface area contributed by atoms with Gasteiger partial charge in [-0.05, 0) is 48.4 Å². The molecule has 7 heteroatoms. The first-order valence-corrected chi connectivity index (χ1v) is 10.1. The first-order valence-electron chi connectivity index (χ1n) is 10.1. The number of carbonyl (C=O) groups excluding carboxylic acids is 1. The van der Waals surface area contributed by atoms with Gasteiger partial charge in [0.2, 0.25) is 0 Å². The van der Waals surface area contributed by atoms with Gasteiger partial charge in [0.1, 0.15) is 12.4 Å². The van der Waals surface area contributed by atoms with Crippen molar-refractivity contribution in [3.8, 4) is 11.6 Å². The summed E-state index contributed by atoms with van der Waals surface area (Å²) in [6.45, 7) is 2.77. The van der Waals surface area contributed by atoms with E-state index in [1.54, 1.807) is 23.3 Å². The molecule has 0 aliphatic heterocycles. The number of pyridine rings is 2. The summed E-state index contributed by atoms with van der Waals surface area (Å²) in [6, 6.07) is 19.0. The molecule has 0 saturated heterocycles. The Morgan fingerprint density at radius 3 is 2.61 bits per heavy atom. The van der Waals surface area contributed by atoms with Crippen LogP contribution in [0.5, 0.6) is 5.75 Å². The van der Waals surface area contributed by atoms with Gasteiger partial charge in [-0.1, -0.05) is 31.2 Å². The van der Waals surface area contributed by atoms with Crippen LogP contribution in [-0.2, 0) is 19.6 Å². The molecule has 0 unspecified atom stereocenters. The van der Waals surface area contributed by atoms with E-state index in [1.165, 1.54) is 0 Å². The van der Waals surface area contributed by atoms with Crippen LogP contribution in [0, 0.1) is 0 Å². The number of carbonyl (C=O) groups is 1. The maximum absolute atomic E-state index is 12.8. The second-order valence-electron chi connectivity index (χ2n) is 6.90. The van der Waals surface area contributed by atoms with Crippen molar-refractivity contribution in [3.63, 3.8) is 0 Å². The fraction of sp³-hybridized carbons (Fsp3) is 0.167. The van der Waals surface area contributed by atoms with Crippen LogP contribution in [0.25, 0.3) is 5.82 Å². The summed E-state index contributed by atoms with van der Waals surface area (Å²) >= 11 is 0. The molecular formula is C24H23N5O2. The molecule has 0 aliphatic carbocycles. The maximum atomic E-state index is 12.8. The van der Waals surface area contributed by atoms with E-state index in [9.17, 15) is 4.79 Å². The SMILES string of the molecule is CCc1c(C(=O)NCc2cccc(OCc3ccccn3)c2)cnn1-c1ccccn1. The minimum Gasteiger partial charge on any atom is -0.487 e. The lowest BCUT2D eigenvalue weighted by Crippen LogP contribution is -2.23. The monoisotopic (exact) mass is 413 g/mol. The van der Waals surface area contributed by atoms with Gasteiger partial charge in [-0.2, -0.15) is 5.10 Å². The van der Waals surface area contributed by atoms with Crippen LogP contribution in [0.15, 0.2) is 79.3 Å². The molecule has 156 valence electrons. The quantitative estimate of drug-likeness (QED) is 0.476. The van der Waals surface area contributed by atoms with Gasteiger partial charge in [0.15, 0.2) is 5.82 Å². The number of benzene rings is 1. The molecule has 31 heavy (non-hydrogen) atoms. The van der Waals surface area contributed by atoms with E-state index in [2.05, 4.69) is 20.4 Å². The second kappa shape index (κ2) is 9.67. The number of nitrogens with one attached hydrogen (secondary N) is 1. The van der Waals surface area contributed by atoms with Gasteiger partial charge in [0.25, 0.3) is 5.91 Å². The second-order valence-corrected chi connectivity index (χ2v) is 6.90. The van der Waals surface area contributed by atoms with Crippen molar-refractivity contribution in [2.45, 2.75) is 26.5 Å². The van der Waals surface area contributed by atoms with E-state index >= 15 is 0 Å². The predicted octanol–water partition coefficient (Wildman–Crippen LogP) is 3.73. The van der Waals surface area contributed by atoms with Gasteiger partial charge in [-0.25, -0.2) is 9.67 Å². The minimum absolute atomic E-state index is 0.168. The molecule has 1 aromatic carbocycles. The molecule has 0 radical (unpaired) electrons. The van der Waals surface area contributed by atoms with Crippen molar-refractivity contribution in [1.82, 2.24) is 25.1 Å². The topological polar surface area (TPSA) is 81.9 Å². The predicted molar refractivity (Wildman–Crippen MR) is 117 cm³/mol. The average molecular weight is 413 g/mol. The van der Waals surface area contributed by atoms with E-state index in [-0.39, 0.29) is 5.91 Å². The van der Waals surface area contributed by atoms with Crippen LogP contribution in [0.1, 0.15) is 34.2 Å². The van der Waals surface area contributed by atoms with E-state index < -0.39 is 0 Å². The smallest absolute Gasteiger partial charge is 0.255 e. The van der Waals surface area contributed by atoms with Crippen molar-refractivity contribution in [3.05, 3.63) is 102 Å². The Hall–Kier alpha value is -4.00. The first kappa shape index (κ1) is 20.3. The van der Waals surface area contributed by atoms with E-state index in [1.807, 2.05) is 67.6 Å². The van der Waals surface area contributed by atoms with Crippen molar-refractivity contribution >= 4 is 5.91 Å². The zero-order chi connectivity index (χ0) is 21.5. The van der Waals surface area contributed by atoms with Crippen molar-refractivity contribution in [1.29, 1.82) is 0 Å². The lowest BCUT2D eigenvalue weighted by atomic mass is 10.1. The number of aromatic nitrogens is 4. The van der Waals surface area contributed by atoms with Crippen molar-refractivity contribution in [2.24, 2.45) is 0 Å². The summed E-state index contributed by atoms with van der Waals surface area (Å²) in [7, 11) is 0. The standard InChI is InChI=1S/C24H23N5O2/c1-2-22-21(16-28-29(22)23-11-4-6-13-26-23)24(30)27-15-18-8-7-10-20(14-18)31-17-19-9-3-5-12-25-19/h3-14,16H,2,15,17H2,1H3,(H,27,30). The van der Waals surface area contributed by atoms with Crippen LogP contribution in [-0.4, -0.2) is 25.7 Å². The highest BCUT2D eigenvalue weighted by atomic mass is 16.5. The highest BCUT2D eigenvalue weighted by Crippen LogP contribution is 2.17. The number of amides is 1. The van der Waals surface area contributed by atoms with Crippen LogP contribution in [0.3, 0.4) is 0 Å². The van der Waals surface area contributed by atoms with Crippen LogP contribution in [0.4, 0.5) is 0 Å². The molecule has 1 amide bonds. The van der Waals surface area contributed by atoms with Gasteiger partial charge < -0.3 is 10.1 Å². The first-order chi connectivity index (χ1) is 15.2. The van der Waals surface area contributed by atoms with Crippen LogP contribution in [0.2, 0.25) is 0 Å². The molecule has 0 saturated carbocycles. The third-order valence-corrected chi connectivity index (χ3v) is 4.78. The summed E-state index contributed by atoms with van der Waals surface area (Å²) in [6.07, 6.45) is 5.70. The molecule has 4 rings (SSSR count). The zero-order valence-electron chi connectivity index (χ0n) is 17.2. The molecule has 0 fully saturated rings. The van der Waals surface area contributed by atoms with E-state index in [4.69, 9.17) is 4.74 Å². The number of hydrogen-bond acceptors (Lipinski definition) is 5. The number of ether oxygens (including phenoxy) is 1. The molecular weight excluding hydrogens is 390 g/mol. The molecule has 1 N–H and O–H groups in total. The molecule has 3 heterocycles. The van der Waals surface area contributed by atoms with Crippen LogP contribution >= 0.6 is 0 Å². The summed E-state index contributed by atoms with van der Waals surface area (Å²) in [4.78, 5) is 21.4. The van der Waals surface area contributed by atoms with Crippen LogP contribution < -0.4 is 10.1 Å². The Morgan fingerprint density at radius 2 is 1.87 bits per heavy atom. The van der Waals surface area contributed by atoms with Gasteiger partial charge >= 0.3 is 0 Å². The fourth-order valence-electron chi connectivity index (χ4n) is 3.24. The fourth-order valence-corrected chi connectivity index (χ4v) is 3.24. The molecule has 4 aromatic rings.